The molecule has 100 valence electrons. The molecule has 0 N–H and O–H groups in total. The molecule has 1 aromatic carbocycles. The van der Waals surface area contributed by atoms with E-state index >= 15 is 0 Å². The van der Waals surface area contributed by atoms with Gasteiger partial charge in [-0.1, -0.05) is 0 Å². The van der Waals surface area contributed by atoms with E-state index in [1.165, 1.54) is 0 Å². The van der Waals surface area contributed by atoms with Crippen molar-refractivity contribution in [3.05, 3.63) is 29.3 Å². The second-order valence-corrected chi connectivity index (χ2v) is 3.30. The van der Waals surface area contributed by atoms with E-state index in [2.05, 4.69) is 0 Å². The van der Waals surface area contributed by atoms with Crippen LogP contribution >= 0.6 is 0 Å². The summed E-state index contributed by atoms with van der Waals surface area (Å²) >= 11 is 0. The van der Waals surface area contributed by atoms with Gasteiger partial charge in [0, 0.05) is 0 Å². The monoisotopic (exact) mass is 279 g/mol. The molecule has 0 saturated heterocycles. The van der Waals surface area contributed by atoms with Gasteiger partial charge in [-0.15, -0.1) is 0 Å². The largest absolute Gasteiger partial charge is 0.416 e. The molecule has 0 bridgehead atoms. The van der Waals surface area contributed by atoms with E-state index in [0.29, 0.717) is 12.1 Å². The van der Waals surface area contributed by atoms with E-state index in [1.54, 1.807) is 0 Å². The molecule has 0 spiro atoms. The van der Waals surface area contributed by atoms with E-state index in [-0.39, 0.29) is 11.0 Å². The number of nitriles is 2. The lowest BCUT2D eigenvalue weighted by atomic mass is 10.1. The third-order valence-electron chi connectivity index (χ3n) is 2.03. The maximum Gasteiger partial charge on any atom is 0.416 e. The molecule has 0 fully saturated rings. The van der Waals surface area contributed by atoms with Gasteiger partial charge in [-0.2, -0.15) is 41.8 Å². The Labute approximate surface area is 102 Å². The minimum Gasteiger partial charge on any atom is -0.183 e. The highest BCUT2D eigenvalue weighted by atomic mass is 19.4. The molecular weight excluding hydrogens is 276 g/mol. The SMILES string of the molecule is N#CN(C#N)c1cc(C(F)(F)F)cc(C(F)(F)F)c1. The van der Waals surface area contributed by atoms with Crippen molar-refractivity contribution in [1.82, 2.24) is 0 Å². The molecule has 0 aliphatic carbocycles. The van der Waals surface area contributed by atoms with E-state index < -0.39 is 29.2 Å². The predicted molar refractivity (Wildman–Crippen MR) is 50.2 cm³/mol. The fourth-order valence-corrected chi connectivity index (χ4v) is 1.21. The molecule has 0 aliphatic heterocycles. The van der Waals surface area contributed by atoms with Crippen molar-refractivity contribution in [3.63, 3.8) is 0 Å². The average Bonchev–Trinajstić information content (AvgIpc) is 2.28. The van der Waals surface area contributed by atoms with Crippen LogP contribution in [0.25, 0.3) is 0 Å². The summed E-state index contributed by atoms with van der Waals surface area (Å²) in [5.74, 6) is 0. The van der Waals surface area contributed by atoms with Gasteiger partial charge in [-0.05, 0) is 18.2 Å². The van der Waals surface area contributed by atoms with Crippen molar-refractivity contribution in [1.29, 1.82) is 10.5 Å². The van der Waals surface area contributed by atoms with Gasteiger partial charge in [0.25, 0.3) is 0 Å². The van der Waals surface area contributed by atoms with Crippen LogP contribution in [-0.4, -0.2) is 0 Å². The second kappa shape index (κ2) is 4.69. The Hall–Kier alpha value is -2.42. The summed E-state index contributed by atoms with van der Waals surface area (Å²) in [4.78, 5) is 0.0461. The van der Waals surface area contributed by atoms with Crippen LogP contribution in [0.5, 0.6) is 0 Å². The molecule has 0 aliphatic rings. The molecule has 0 unspecified atom stereocenters. The Kier molecular flexibility index (Phi) is 3.61. The van der Waals surface area contributed by atoms with Crippen molar-refractivity contribution < 1.29 is 26.3 Å². The Balaban J connectivity index is 3.52. The van der Waals surface area contributed by atoms with Crippen molar-refractivity contribution >= 4 is 5.69 Å². The van der Waals surface area contributed by atoms with Gasteiger partial charge in [0.2, 0.25) is 0 Å². The fourth-order valence-electron chi connectivity index (χ4n) is 1.21. The quantitative estimate of drug-likeness (QED) is 0.449. The maximum absolute atomic E-state index is 12.5. The smallest absolute Gasteiger partial charge is 0.183 e. The number of alkyl halides is 6. The molecule has 19 heavy (non-hydrogen) atoms. The number of hydrogen-bond acceptors (Lipinski definition) is 3. The zero-order chi connectivity index (χ0) is 14.8. The Bertz CT molecular complexity index is 514. The molecule has 3 nitrogen and oxygen atoms in total. The van der Waals surface area contributed by atoms with Gasteiger partial charge in [0.15, 0.2) is 12.4 Å². The first-order valence-corrected chi connectivity index (χ1v) is 4.48. The number of halogens is 6. The van der Waals surface area contributed by atoms with Crippen LogP contribution in [0, 0.1) is 22.9 Å². The lowest BCUT2D eigenvalue weighted by Gasteiger charge is -2.15. The second-order valence-electron chi connectivity index (χ2n) is 3.30. The van der Waals surface area contributed by atoms with E-state index in [4.69, 9.17) is 10.5 Å². The summed E-state index contributed by atoms with van der Waals surface area (Å²) in [6, 6.07) is 0.500. The van der Waals surface area contributed by atoms with Gasteiger partial charge >= 0.3 is 12.4 Å². The zero-order valence-electron chi connectivity index (χ0n) is 8.84. The minimum atomic E-state index is -5.02. The van der Waals surface area contributed by atoms with E-state index in [1.807, 2.05) is 0 Å². The number of nitrogens with zero attached hydrogens (tertiary/aromatic N) is 3. The molecule has 0 amide bonds. The third-order valence-corrected chi connectivity index (χ3v) is 2.03. The van der Waals surface area contributed by atoms with Crippen molar-refractivity contribution in [2.75, 3.05) is 4.90 Å². The number of benzene rings is 1. The Morgan fingerprint density at radius 3 is 1.42 bits per heavy atom. The van der Waals surface area contributed by atoms with Crippen LogP contribution < -0.4 is 4.90 Å². The topological polar surface area (TPSA) is 50.8 Å². The lowest BCUT2D eigenvalue weighted by molar-refractivity contribution is -0.143. The predicted octanol–water partition coefficient (Wildman–Crippen LogP) is 3.49. The molecule has 1 rings (SSSR count). The van der Waals surface area contributed by atoms with Crippen LogP contribution in [0.1, 0.15) is 11.1 Å². The van der Waals surface area contributed by atoms with Crippen molar-refractivity contribution in [3.8, 4) is 12.4 Å². The van der Waals surface area contributed by atoms with Gasteiger partial charge in [-0.3, -0.25) is 0 Å². The Morgan fingerprint density at radius 1 is 0.789 bits per heavy atom. The fraction of sp³-hybridized carbons (Fsp3) is 0.200. The molecule has 0 atom stereocenters. The van der Waals surface area contributed by atoms with E-state index in [0.717, 1.165) is 12.4 Å². The summed E-state index contributed by atoms with van der Waals surface area (Å²) in [7, 11) is 0. The van der Waals surface area contributed by atoms with Gasteiger partial charge < -0.3 is 0 Å². The number of anilines is 1. The highest BCUT2D eigenvalue weighted by molar-refractivity contribution is 5.58. The summed E-state index contributed by atoms with van der Waals surface area (Å²) in [5, 5.41) is 16.9. The highest BCUT2D eigenvalue weighted by Crippen LogP contribution is 2.38. The number of hydrogen-bond donors (Lipinski definition) is 0. The van der Waals surface area contributed by atoms with Crippen LogP contribution in [-0.2, 0) is 12.4 Å². The first-order valence-electron chi connectivity index (χ1n) is 4.48. The summed E-state index contributed by atoms with van der Waals surface area (Å²) < 4.78 is 74.7. The van der Waals surface area contributed by atoms with Gasteiger partial charge in [0.05, 0.1) is 16.8 Å². The van der Waals surface area contributed by atoms with Crippen molar-refractivity contribution in [2.24, 2.45) is 0 Å². The van der Waals surface area contributed by atoms with Crippen molar-refractivity contribution in [2.45, 2.75) is 12.4 Å². The molecule has 0 aromatic heterocycles. The first kappa shape index (κ1) is 14.6. The highest BCUT2D eigenvalue weighted by Gasteiger charge is 2.37. The first-order chi connectivity index (χ1) is 8.59. The van der Waals surface area contributed by atoms with Gasteiger partial charge in [0.1, 0.15) is 0 Å². The molecule has 9 heteroatoms. The van der Waals surface area contributed by atoms with Gasteiger partial charge in [-0.25, -0.2) is 0 Å². The lowest BCUT2D eigenvalue weighted by Crippen LogP contribution is -2.15. The zero-order valence-corrected chi connectivity index (χ0v) is 8.84. The van der Waals surface area contributed by atoms with Crippen LogP contribution in [0.4, 0.5) is 32.0 Å². The number of rotatable bonds is 1. The normalized spacial score (nSPS) is 11.6. The minimum absolute atomic E-state index is 0.0461. The molecule has 0 heterocycles. The standard InChI is InChI=1S/C10H3F6N3/c11-9(12,13)6-1-7(10(14,15)16)3-8(2-6)19(4-17)5-18/h1-3H. The summed E-state index contributed by atoms with van der Waals surface area (Å²) in [6.07, 6.45) is -7.72. The van der Waals surface area contributed by atoms with Crippen LogP contribution in [0.2, 0.25) is 0 Å². The molecule has 0 radical (unpaired) electrons. The summed E-state index contributed by atoms with van der Waals surface area (Å²) in [5.41, 5.74) is -3.98. The van der Waals surface area contributed by atoms with Crippen LogP contribution in [0.15, 0.2) is 18.2 Å². The third kappa shape index (κ3) is 3.28. The molecule has 1 aromatic rings. The van der Waals surface area contributed by atoms with Crippen LogP contribution in [0.3, 0.4) is 0 Å². The molecule has 0 saturated carbocycles. The summed E-state index contributed by atoms with van der Waals surface area (Å²) in [6.45, 7) is 0. The average molecular weight is 279 g/mol. The van der Waals surface area contributed by atoms with E-state index in [9.17, 15) is 26.3 Å². The Morgan fingerprint density at radius 2 is 1.16 bits per heavy atom. The maximum atomic E-state index is 12.5. The molecular formula is C10H3F6N3.